The van der Waals surface area contributed by atoms with Crippen molar-refractivity contribution in [3.8, 4) is 0 Å². The van der Waals surface area contributed by atoms with Crippen LogP contribution in [0.25, 0.3) is 0 Å². The molecular formula is C12H19ClN2O. The zero-order valence-corrected chi connectivity index (χ0v) is 11.0. The van der Waals surface area contributed by atoms with Gasteiger partial charge in [0.1, 0.15) is 0 Å². The van der Waals surface area contributed by atoms with Crippen molar-refractivity contribution >= 4 is 24.0 Å². The SMILES string of the molecule is CNCC(=O)N(C)c1cc(C)cc(C)c1.Cl. The minimum atomic E-state index is 0. The highest BCUT2D eigenvalue weighted by Crippen LogP contribution is 2.17. The number of anilines is 1. The lowest BCUT2D eigenvalue weighted by atomic mass is 10.1. The zero-order chi connectivity index (χ0) is 11.4. The van der Waals surface area contributed by atoms with Crippen molar-refractivity contribution in [1.29, 1.82) is 0 Å². The van der Waals surface area contributed by atoms with Crippen molar-refractivity contribution in [1.82, 2.24) is 5.32 Å². The summed E-state index contributed by atoms with van der Waals surface area (Å²) in [5.41, 5.74) is 3.30. The Balaban J connectivity index is 0.00000225. The summed E-state index contributed by atoms with van der Waals surface area (Å²) in [6.45, 7) is 4.43. The van der Waals surface area contributed by atoms with Gasteiger partial charge in [-0.25, -0.2) is 0 Å². The summed E-state index contributed by atoms with van der Waals surface area (Å²) in [6.07, 6.45) is 0. The normalized spacial score (nSPS) is 9.50. The molecule has 1 N–H and O–H groups in total. The lowest BCUT2D eigenvalue weighted by molar-refractivity contribution is -0.117. The van der Waals surface area contributed by atoms with E-state index in [1.165, 1.54) is 11.1 Å². The summed E-state index contributed by atoms with van der Waals surface area (Å²) < 4.78 is 0. The maximum absolute atomic E-state index is 11.6. The number of hydrogen-bond acceptors (Lipinski definition) is 2. The van der Waals surface area contributed by atoms with Gasteiger partial charge in [0.05, 0.1) is 6.54 Å². The second kappa shape index (κ2) is 6.51. The standard InChI is InChI=1S/C12H18N2O.ClH/c1-9-5-10(2)7-11(6-9)14(4)12(15)8-13-3;/h5-7,13H,8H2,1-4H3;1H. The molecule has 0 fully saturated rings. The van der Waals surface area contributed by atoms with E-state index < -0.39 is 0 Å². The molecule has 0 radical (unpaired) electrons. The van der Waals surface area contributed by atoms with Crippen LogP contribution in [0.5, 0.6) is 0 Å². The zero-order valence-electron chi connectivity index (χ0n) is 10.2. The van der Waals surface area contributed by atoms with Crippen LogP contribution >= 0.6 is 12.4 Å². The van der Waals surface area contributed by atoms with Crippen molar-refractivity contribution in [2.45, 2.75) is 13.8 Å². The molecule has 0 aliphatic rings. The predicted molar refractivity (Wildman–Crippen MR) is 70.5 cm³/mol. The van der Waals surface area contributed by atoms with E-state index in [2.05, 4.69) is 11.4 Å². The van der Waals surface area contributed by atoms with E-state index >= 15 is 0 Å². The third-order valence-corrected chi connectivity index (χ3v) is 2.30. The second-order valence-corrected chi connectivity index (χ2v) is 3.83. The molecule has 90 valence electrons. The van der Waals surface area contributed by atoms with Crippen molar-refractivity contribution in [2.24, 2.45) is 0 Å². The van der Waals surface area contributed by atoms with Gasteiger partial charge in [0.2, 0.25) is 5.91 Å². The van der Waals surface area contributed by atoms with Crippen LogP contribution in [0, 0.1) is 13.8 Å². The van der Waals surface area contributed by atoms with Crippen LogP contribution in [0.4, 0.5) is 5.69 Å². The molecule has 0 saturated heterocycles. The second-order valence-electron chi connectivity index (χ2n) is 3.83. The Bertz CT molecular complexity index is 346. The molecule has 1 aromatic carbocycles. The fourth-order valence-electron chi connectivity index (χ4n) is 1.56. The minimum Gasteiger partial charge on any atom is -0.314 e. The summed E-state index contributed by atoms with van der Waals surface area (Å²) in [5, 5.41) is 2.86. The lowest BCUT2D eigenvalue weighted by Crippen LogP contribution is -2.34. The highest BCUT2D eigenvalue weighted by Gasteiger charge is 2.09. The van der Waals surface area contributed by atoms with E-state index in [4.69, 9.17) is 0 Å². The third kappa shape index (κ3) is 3.83. The number of aryl methyl sites for hydroxylation is 2. The Labute approximate surface area is 103 Å². The molecular weight excluding hydrogens is 224 g/mol. The smallest absolute Gasteiger partial charge is 0.240 e. The predicted octanol–water partition coefficient (Wildman–Crippen LogP) is 1.91. The summed E-state index contributed by atoms with van der Waals surface area (Å²) in [4.78, 5) is 13.3. The van der Waals surface area contributed by atoms with Crippen LogP contribution < -0.4 is 10.2 Å². The number of rotatable bonds is 3. The highest BCUT2D eigenvalue weighted by atomic mass is 35.5. The average molecular weight is 243 g/mol. The maximum Gasteiger partial charge on any atom is 0.240 e. The van der Waals surface area contributed by atoms with Gasteiger partial charge in [-0.3, -0.25) is 4.79 Å². The first-order chi connectivity index (χ1) is 7.04. The molecule has 0 saturated carbocycles. The summed E-state index contributed by atoms with van der Waals surface area (Å²) in [6, 6.07) is 6.13. The molecule has 0 unspecified atom stereocenters. The first kappa shape index (κ1) is 14.9. The molecule has 16 heavy (non-hydrogen) atoms. The highest BCUT2D eigenvalue weighted by molar-refractivity contribution is 5.94. The molecule has 0 aliphatic carbocycles. The molecule has 1 rings (SSSR count). The van der Waals surface area contributed by atoms with Crippen LogP contribution in [0.3, 0.4) is 0 Å². The Morgan fingerprint density at radius 3 is 2.19 bits per heavy atom. The van der Waals surface area contributed by atoms with Crippen molar-refractivity contribution in [2.75, 3.05) is 25.5 Å². The van der Waals surface area contributed by atoms with Gasteiger partial charge in [0.25, 0.3) is 0 Å². The number of nitrogens with one attached hydrogen (secondary N) is 1. The van der Waals surface area contributed by atoms with Gasteiger partial charge in [-0.05, 0) is 44.2 Å². The summed E-state index contributed by atoms with van der Waals surface area (Å²) >= 11 is 0. The van der Waals surface area contributed by atoms with Crippen LogP contribution in [0.15, 0.2) is 18.2 Å². The van der Waals surface area contributed by atoms with E-state index in [1.54, 1.807) is 19.0 Å². The minimum absolute atomic E-state index is 0. The van der Waals surface area contributed by atoms with Gasteiger partial charge >= 0.3 is 0 Å². The topological polar surface area (TPSA) is 32.3 Å². The number of carbonyl (C=O) groups is 1. The monoisotopic (exact) mass is 242 g/mol. The van der Waals surface area contributed by atoms with Crippen molar-refractivity contribution < 1.29 is 4.79 Å². The number of amides is 1. The van der Waals surface area contributed by atoms with Crippen LogP contribution in [0.1, 0.15) is 11.1 Å². The lowest BCUT2D eigenvalue weighted by Gasteiger charge is -2.18. The first-order valence-corrected chi connectivity index (χ1v) is 5.04. The quantitative estimate of drug-likeness (QED) is 0.878. The fraction of sp³-hybridized carbons (Fsp3) is 0.417. The molecule has 0 aliphatic heterocycles. The molecule has 0 atom stereocenters. The van der Waals surface area contributed by atoms with Gasteiger partial charge in [0.15, 0.2) is 0 Å². The number of hydrogen-bond donors (Lipinski definition) is 1. The van der Waals surface area contributed by atoms with E-state index in [0.717, 1.165) is 5.69 Å². The fourth-order valence-corrected chi connectivity index (χ4v) is 1.56. The first-order valence-electron chi connectivity index (χ1n) is 5.04. The maximum atomic E-state index is 11.6. The largest absolute Gasteiger partial charge is 0.314 e. The van der Waals surface area contributed by atoms with E-state index in [1.807, 2.05) is 26.0 Å². The van der Waals surface area contributed by atoms with Crippen molar-refractivity contribution in [3.63, 3.8) is 0 Å². The van der Waals surface area contributed by atoms with Gasteiger partial charge in [-0.15, -0.1) is 12.4 Å². The Morgan fingerprint density at radius 2 is 1.75 bits per heavy atom. The van der Waals surface area contributed by atoms with Gasteiger partial charge in [0, 0.05) is 12.7 Å². The van der Waals surface area contributed by atoms with E-state index in [-0.39, 0.29) is 18.3 Å². The van der Waals surface area contributed by atoms with Crippen LogP contribution in [-0.4, -0.2) is 26.5 Å². The molecule has 1 aromatic rings. The number of likely N-dealkylation sites (N-methyl/N-ethyl adjacent to an activating group) is 2. The molecule has 3 nitrogen and oxygen atoms in total. The molecule has 1 amide bonds. The van der Waals surface area contributed by atoms with Gasteiger partial charge in [-0.1, -0.05) is 6.07 Å². The molecule has 0 spiro atoms. The Hall–Kier alpha value is -1.06. The molecule has 0 heterocycles. The Morgan fingerprint density at radius 1 is 1.25 bits per heavy atom. The summed E-state index contributed by atoms with van der Waals surface area (Å²) in [5.74, 6) is 0.0718. The van der Waals surface area contributed by atoms with E-state index in [9.17, 15) is 4.79 Å². The molecule has 0 aromatic heterocycles. The molecule has 0 bridgehead atoms. The number of carbonyl (C=O) groups excluding carboxylic acids is 1. The number of halogens is 1. The number of benzene rings is 1. The third-order valence-electron chi connectivity index (χ3n) is 2.30. The van der Waals surface area contributed by atoms with Gasteiger partial charge < -0.3 is 10.2 Å². The van der Waals surface area contributed by atoms with E-state index in [0.29, 0.717) is 6.54 Å². The van der Waals surface area contributed by atoms with Crippen molar-refractivity contribution in [3.05, 3.63) is 29.3 Å². The molecule has 4 heteroatoms. The average Bonchev–Trinajstić information content (AvgIpc) is 2.15. The van der Waals surface area contributed by atoms with Crippen LogP contribution in [-0.2, 0) is 4.79 Å². The Kier molecular flexibility index (Phi) is 6.08. The van der Waals surface area contributed by atoms with Crippen LogP contribution in [0.2, 0.25) is 0 Å². The summed E-state index contributed by atoms with van der Waals surface area (Å²) in [7, 11) is 3.57. The number of nitrogens with zero attached hydrogens (tertiary/aromatic N) is 1. The van der Waals surface area contributed by atoms with Gasteiger partial charge in [-0.2, -0.15) is 0 Å².